The Hall–Kier alpha value is -1.94. The molecular formula is C18H21FN2O. The topological polar surface area (TPSA) is 48.1 Å². The van der Waals surface area contributed by atoms with E-state index in [1.807, 2.05) is 18.2 Å². The Bertz CT molecular complexity index is 624. The van der Waals surface area contributed by atoms with Crippen molar-refractivity contribution >= 4 is 5.69 Å². The van der Waals surface area contributed by atoms with Crippen LogP contribution in [0.15, 0.2) is 42.6 Å². The van der Waals surface area contributed by atoms with Gasteiger partial charge in [0.2, 0.25) is 0 Å². The van der Waals surface area contributed by atoms with Crippen LogP contribution in [0.25, 0.3) is 0 Å². The van der Waals surface area contributed by atoms with Gasteiger partial charge in [-0.25, -0.2) is 4.39 Å². The lowest BCUT2D eigenvalue weighted by Crippen LogP contribution is -2.21. The molecule has 0 unspecified atom stereocenters. The number of anilines is 1. The minimum atomic E-state index is -0.151. The molecule has 2 N–H and O–H groups in total. The molecular weight excluding hydrogens is 279 g/mol. The summed E-state index contributed by atoms with van der Waals surface area (Å²) in [6.07, 6.45) is 6.03. The lowest BCUT2D eigenvalue weighted by Gasteiger charge is -2.29. The maximum absolute atomic E-state index is 13.3. The van der Waals surface area contributed by atoms with E-state index in [0.717, 1.165) is 36.9 Å². The lowest BCUT2D eigenvalue weighted by atomic mass is 9.83. The van der Waals surface area contributed by atoms with Gasteiger partial charge in [-0.3, -0.25) is 4.98 Å². The number of benzene rings is 1. The molecule has 1 aromatic carbocycles. The first-order chi connectivity index (χ1) is 10.7. The number of rotatable bonds is 4. The molecule has 4 heteroatoms. The molecule has 0 spiro atoms. The van der Waals surface area contributed by atoms with Crippen molar-refractivity contribution in [2.24, 2.45) is 0 Å². The lowest BCUT2D eigenvalue weighted by molar-refractivity contribution is 0.0120. The number of nitrogens with zero attached hydrogens (tertiary/aromatic N) is 1. The Morgan fingerprint density at radius 2 is 1.95 bits per heavy atom. The van der Waals surface area contributed by atoms with Crippen LogP contribution in [0.1, 0.15) is 42.9 Å². The molecule has 1 aromatic heterocycles. The van der Waals surface area contributed by atoms with Crippen LogP contribution in [0.5, 0.6) is 0 Å². The summed E-state index contributed by atoms with van der Waals surface area (Å²) in [5.74, 6) is 0.289. The summed E-state index contributed by atoms with van der Waals surface area (Å²) in [5, 5.41) is 0. The van der Waals surface area contributed by atoms with Gasteiger partial charge < -0.3 is 10.5 Å². The molecule has 22 heavy (non-hydrogen) atoms. The van der Waals surface area contributed by atoms with Crippen molar-refractivity contribution in [3.63, 3.8) is 0 Å². The van der Waals surface area contributed by atoms with Gasteiger partial charge in [0.15, 0.2) is 0 Å². The summed E-state index contributed by atoms with van der Waals surface area (Å²) in [7, 11) is 0. The molecule has 3 rings (SSSR count). The van der Waals surface area contributed by atoms with Crippen LogP contribution in [0, 0.1) is 5.82 Å². The fraction of sp³-hybridized carbons (Fsp3) is 0.389. The minimum absolute atomic E-state index is 0.151. The summed E-state index contributed by atoms with van der Waals surface area (Å²) in [5.41, 5.74) is 8.45. The number of nitrogens with two attached hydrogens (primary N) is 1. The number of nitrogen functional groups attached to an aromatic ring is 1. The fourth-order valence-electron chi connectivity index (χ4n) is 3.09. The summed E-state index contributed by atoms with van der Waals surface area (Å²) < 4.78 is 19.2. The third-order valence-corrected chi connectivity index (χ3v) is 4.38. The molecule has 2 aromatic rings. The van der Waals surface area contributed by atoms with Crippen molar-refractivity contribution in [3.8, 4) is 0 Å². The van der Waals surface area contributed by atoms with Crippen molar-refractivity contribution in [1.29, 1.82) is 0 Å². The van der Waals surface area contributed by atoms with Crippen LogP contribution in [0.2, 0.25) is 0 Å². The zero-order valence-electron chi connectivity index (χ0n) is 12.5. The highest BCUT2D eigenvalue weighted by Gasteiger charge is 2.23. The van der Waals surface area contributed by atoms with E-state index in [4.69, 9.17) is 10.5 Å². The van der Waals surface area contributed by atoms with Gasteiger partial charge in [-0.2, -0.15) is 0 Å². The number of aromatic nitrogens is 1. The normalized spacial score (nSPS) is 21.7. The Balaban J connectivity index is 1.51. The van der Waals surface area contributed by atoms with Crippen LogP contribution in [-0.4, -0.2) is 11.1 Å². The maximum Gasteiger partial charge on any atom is 0.123 e. The van der Waals surface area contributed by atoms with Gasteiger partial charge in [-0.1, -0.05) is 12.1 Å². The van der Waals surface area contributed by atoms with Gasteiger partial charge in [-0.15, -0.1) is 0 Å². The van der Waals surface area contributed by atoms with Crippen LogP contribution >= 0.6 is 0 Å². The van der Waals surface area contributed by atoms with Gasteiger partial charge >= 0.3 is 0 Å². The van der Waals surface area contributed by atoms with Gasteiger partial charge in [-0.05, 0) is 61.4 Å². The summed E-state index contributed by atoms with van der Waals surface area (Å²) in [4.78, 5) is 4.24. The molecule has 0 bridgehead atoms. The number of pyridine rings is 1. The van der Waals surface area contributed by atoms with E-state index in [1.165, 1.54) is 6.07 Å². The summed E-state index contributed by atoms with van der Waals surface area (Å²) in [6.45, 7) is 0.460. The molecule has 0 saturated heterocycles. The van der Waals surface area contributed by atoms with Gasteiger partial charge in [0.05, 0.1) is 24.1 Å². The third-order valence-electron chi connectivity index (χ3n) is 4.38. The molecule has 1 saturated carbocycles. The molecule has 0 radical (unpaired) electrons. The maximum atomic E-state index is 13.3. The van der Waals surface area contributed by atoms with Gasteiger partial charge in [0, 0.05) is 6.20 Å². The first-order valence-corrected chi connectivity index (χ1v) is 7.79. The Labute approximate surface area is 130 Å². The first kappa shape index (κ1) is 15.0. The number of hydrogen-bond donors (Lipinski definition) is 1. The smallest absolute Gasteiger partial charge is 0.123 e. The molecule has 0 aliphatic heterocycles. The van der Waals surface area contributed by atoms with Crippen molar-refractivity contribution in [2.75, 3.05) is 5.73 Å². The molecule has 1 heterocycles. The number of halogens is 1. The van der Waals surface area contributed by atoms with Crippen LogP contribution in [0.4, 0.5) is 10.1 Å². The highest BCUT2D eigenvalue weighted by Crippen LogP contribution is 2.34. The highest BCUT2D eigenvalue weighted by molar-refractivity contribution is 5.41. The standard InChI is InChI=1S/C18H21FN2O/c19-15-4-1-3-14(11-15)13-6-8-16(9-7-13)22-12-18-17(20)5-2-10-21-18/h1-5,10-11,13,16H,6-9,12,20H2/t13-,16+. The molecule has 0 atom stereocenters. The zero-order chi connectivity index (χ0) is 15.4. The monoisotopic (exact) mass is 300 g/mol. The quantitative estimate of drug-likeness (QED) is 0.926. The van der Waals surface area contributed by atoms with Gasteiger partial charge in [0.25, 0.3) is 0 Å². The molecule has 1 fully saturated rings. The Morgan fingerprint density at radius 1 is 1.14 bits per heavy atom. The summed E-state index contributed by atoms with van der Waals surface area (Å²) >= 11 is 0. The van der Waals surface area contributed by atoms with E-state index in [2.05, 4.69) is 4.98 Å². The van der Waals surface area contributed by atoms with Crippen molar-refractivity contribution in [1.82, 2.24) is 4.98 Å². The predicted molar refractivity (Wildman–Crippen MR) is 84.8 cm³/mol. The number of ether oxygens (including phenoxy) is 1. The SMILES string of the molecule is Nc1cccnc1CO[C@H]1CC[C@@H](c2cccc(F)c2)CC1. The second kappa shape index (κ2) is 6.88. The van der Waals surface area contributed by atoms with Crippen molar-refractivity contribution < 1.29 is 9.13 Å². The molecule has 116 valence electrons. The van der Waals surface area contributed by atoms with Crippen LogP contribution < -0.4 is 5.73 Å². The predicted octanol–water partition coefficient (Wildman–Crippen LogP) is 4.05. The molecule has 1 aliphatic rings. The molecule has 0 amide bonds. The molecule has 3 nitrogen and oxygen atoms in total. The summed E-state index contributed by atoms with van der Waals surface area (Å²) in [6, 6.07) is 10.6. The van der Waals surface area contributed by atoms with Crippen LogP contribution in [0.3, 0.4) is 0 Å². The molecule has 1 aliphatic carbocycles. The largest absolute Gasteiger partial charge is 0.397 e. The average molecular weight is 300 g/mol. The van der Waals surface area contributed by atoms with E-state index in [-0.39, 0.29) is 11.9 Å². The first-order valence-electron chi connectivity index (χ1n) is 7.79. The van der Waals surface area contributed by atoms with E-state index >= 15 is 0 Å². The Morgan fingerprint density at radius 3 is 2.68 bits per heavy atom. The zero-order valence-corrected chi connectivity index (χ0v) is 12.5. The van der Waals surface area contributed by atoms with Crippen molar-refractivity contribution in [2.45, 2.75) is 44.3 Å². The fourth-order valence-corrected chi connectivity index (χ4v) is 3.09. The highest BCUT2D eigenvalue weighted by atomic mass is 19.1. The van der Waals surface area contributed by atoms with Crippen molar-refractivity contribution in [3.05, 3.63) is 59.7 Å². The van der Waals surface area contributed by atoms with E-state index < -0.39 is 0 Å². The second-order valence-corrected chi connectivity index (χ2v) is 5.88. The average Bonchev–Trinajstić information content (AvgIpc) is 2.55. The van der Waals surface area contributed by atoms with E-state index in [1.54, 1.807) is 18.3 Å². The number of hydrogen-bond acceptors (Lipinski definition) is 3. The Kier molecular flexibility index (Phi) is 4.68. The van der Waals surface area contributed by atoms with Crippen LogP contribution in [-0.2, 0) is 11.3 Å². The third kappa shape index (κ3) is 3.63. The van der Waals surface area contributed by atoms with E-state index in [0.29, 0.717) is 18.2 Å². The second-order valence-electron chi connectivity index (χ2n) is 5.88. The van der Waals surface area contributed by atoms with E-state index in [9.17, 15) is 4.39 Å². The van der Waals surface area contributed by atoms with Gasteiger partial charge in [0.1, 0.15) is 5.82 Å². The minimum Gasteiger partial charge on any atom is -0.397 e.